The number of benzene rings is 1. The predicted octanol–water partition coefficient (Wildman–Crippen LogP) is 3.13. The van der Waals surface area contributed by atoms with Gasteiger partial charge in [-0.05, 0) is 49.7 Å². The van der Waals surface area contributed by atoms with Gasteiger partial charge in [-0.25, -0.2) is 0 Å². The summed E-state index contributed by atoms with van der Waals surface area (Å²) in [5, 5.41) is 16.6. The van der Waals surface area contributed by atoms with Gasteiger partial charge in [0.25, 0.3) is 0 Å². The lowest BCUT2D eigenvalue weighted by Gasteiger charge is -2.05. The zero-order chi connectivity index (χ0) is 16.4. The molecule has 0 atom stereocenters. The van der Waals surface area contributed by atoms with Crippen molar-refractivity contribution in [3.8, 4) is 0 Å². The Hall–Kier alpha value is -2.12. The highest BCUT2D eigenvalue weighted by atomic mass is 35.5. The van der Waals surface area contributed by atoms with Gasteiger partial charge >= 0.3 is 0 Å². The van der Waals surface area contributed by atoms with Gasteiger partial charge in [0.05, 0.1) is 11.4 Å². The van der Waals surface area contributed by atoms with E-state index in [0.29, 0.717) is 21.5 Å². The lowest BCUT2D eigenvalue weighted by Crippen LogP contribution is -2.14. The van der Waals surface area contributed by atoms with E-state index in [1.165, 1.54) is 11.8 Å². The van der Waals surface area contributed by atoms with Crippen LogP contribution in [0, 0.1) is 13.8 Å². The van der Waals surface area contributed by atoms with Gasteiger partial charge < -0.3 is 5.32 Å². The fourth-order valence-electron chi connectivity index (χ4n) is 2.12. The van der Waals surface area contributed by atoms with Crippen molar-refractivity contribution in [1.82, 2.24) is 19.8 Å². The molecule has 1 aromatic carbocycles. The first-order valence-corrected chi connectivity index (χ1v) is 8.27. The Morgan fingerprint density at radius 3 is 2.74 bits per heavy atom. The highest BCUT2D eigenvalue weighted by molar-refractivity contribution is 7.99. The predicted molar refractivity (Wildman–Crippen MR) is 91.1 cm³/mol. The maximum atomic E-state index is 12.0. The number of nitrogens with one attached hydrogen (secondary N) is 1. The molecule has 0 aliphatic heterocycles. The number of amides is 1. The topological polar surface area (TPSA) is 72.2 Å². The van der Waals surface area contributed by atoms with Crippen molar-refractivity contribution >= 4 is 40.6 Å². The molecule has 8 heteroatoms. The van der Waals surface area contributed by atoms with E-state index < -0.39 is 0 Å². The smallest absolute Gasteiger partial charge is 0.234 e. The molecule has 0 bridgehead atoms. The van der Waals surface area contributed by atoms with Gasteiger partial charge in [0.2, 0.25) is 11.1 Å². The maximum Gasteiger partial charge on any atom is 0.234 e. The molecule has 2 aromatic heterocycles. The number of anilines is 1. The molecule has 118 valence electrons. The number of nitrogens with zero attached hydrogens (tertiary/aromatic N) is 4. The molecule has 0 fully saturated rings. The van der Waals surface area contributed by atoms with Gasteiger partial charge in [0, 0.05) is 10.7 Å². The molecule has 1 N–H and O–H groups in total. The van der Waals surface area contributed by atoms with Gasteiger partial charge in [0.1, 0.15) is 0 Å². The highest BCUT2D eigenvalue weighted by Gasteiger charge is 2.12. The van der Waals surface area contributed by atoms with Crippen LogP contribution in [-0.2, 0) is 4.79 Å². The number of thioether (sulfide) groups is 1. The lowest BCUT2D eigenvalue weighted by atomic mass is 10.3. The summed E-state index contributed by atoms with van der Waals surface area (Å²) in [6, 6.07) is 8.92. The van der Waals surface area contributed by atoms with E-state index in [9.17, 15) is 4.79 Å². The van der Waals surface area contributed by atoms with E-state index in [4.69, 9.17) is 11.6 Å². The Bertz CT molecular complexity index is 862. The second kappa shape index (κ2) is 6.55. The van der Waals surface area contributed by atoms with Crippen molar-refractivity contribution in [2.75, 3.05) is 11.1 Å². The first kappa shape index (κ1) is 15.8. The Kier molecular flexibility index (Phi) is 4.49. The van der Waals surface area contributed by atoms with Crippen LogP contribution < -0.4 is 5.32 Å². The minimum Gasteiger partial charge on any atom is -0.325 e. The second-order valence-corrected chi connectivity index (χ2v) is 6.41. The molecule has 0 saturated carbocycles. The zero-order valence-electron chi connectivity index (χ0n) is 12.6. The number of aromatic nitrogens is 4. The molecule has 0 aliphatic carbocycles. The Balaban J connectivity index is 1.68. The number of fused-ring (bicyclic) bond motifs is 1. The van der Waals surface area contributed by atoms with Gasteiger partial charge in [-0.15, -0.1) is 10.2 Å². The van der Waals surface area contributed by atoms with E-state index >= 15 is 0 Å². The van der Waals surface area contributed by atoms with E-state index in [2.05, 4.69) is 20.6 Å². The summed E-state index contributed by atoms with van der Waals surface area (Å²) in [5.74, 6) is 0.0939. The maximum absolute atomic E-state index is 12.0. The van der Waals surface area contributed by atoms with Crippen LogP contribution in [0.15, 0.2) is 35.5 Å². The van der Waals surface area contributed by atoms with Crippen molar-refractivity contribution in [3.05, 3.63) is 46.6 Å². The first-order valence-electron chi connectivity index (χ1n) is 6.91. The third-order valence-electron chi connectivity index (χ3n) is 3.11. The average Bonchev–Trinajstić information content (AvgIpc) is 2.91. The summed E-state index contributed by atoms with van der Waals surface area (Å²) < 4.78 is 1.67. The number of carbonyl (C=O) groups is 1. The molecular formula is C15H14ClN5OS. The van der Waals surface area contributed by atoms with E-state index in [-0.39, 0.29) is 11.7 Å². The highest BCUT2D eigenvalue weighted by Crippen LogP contribution is 2.19. The van der Waals surface area contributed by atoms with Crippen LogP contribution in [0.3, 0.4) is 0 Å². The van der Waals surface area contributed by atoms with Crippen molar-refractivity contribution in [3.63, 3.8) is 0 Å². The quantitative estimate of drug-likeness (QED) is 0.734. The lowest BCUT2D eigenvalue weighted by molar-refractivity contribution is -0.113. The van der Waals surface area contributed by atoms with Crippen molar-refractivity contribution in [2.24, 2.45) is 0 Å². The molecule has 0 radical (unpaired) electrons. The van der Waals surface area contributed by atoms with Crippen LogP contribution in [0.4, 0.5) is 5.69 Å². The van der Waals surface area contributed by atoms with Crippen LogP contribution in [0.1, 0.15) is 11.3 Å². The monoisotopic (exact) mass is 347 g/mol. The number of hydrogen-bond acceptors (Lipinski definition) is 5. The number of rotatable bonds is 4. The molecule has 2 heterocycles. The van der Waals surface area contributed by atoms with E-state index in [1.54, 1.807) is 28.8 Å². The minimum atomic E-state index is -0.126. The fourth-order valence-corrected chi connectivity index (χ4v) is 2.92. The second-order valence-electron chi connectivity index (χ2n) is 5.03. The molecule has 0 unspecified atom stereocenters. The molecular weight excluding hydrogens is 334 g/mol. The van der Waals surface area contributed by atoms with Crippen LogP contribution >= 0.6 is 23.4 Å². The molecule has 0 spiro atoms. The molecule has 0 aliphatic rings. The SMILES string of the molecule is Cc1cc(C)c2nnc(SCC(=O)Nc3ccc(Cl)cc3)n2n1. The van der Waals surface area contributed by atoms with E-state index in [1.807, 2.05) is 19.9 Å². The van der Waals surface area contributed by atoms with Crippen molar-refractivity contribution in [2.45, 2.75) is 19.0 Å². The van der Waals surface area contributed by atoms with Gasteiger partial charge in [0.15, 0.2) is 5.65 Å². The largest absolute Gasteiger partial charge is 0.325 e. The van der Waals surface area contributed by atoms with Crippen molar-refractivity contribution in [1.29, 1.82) is 0 Å². The van der Waals surface area contributed by atoms with Crippen LogP contribution in [0.5, 0.6) is 0 Å². The summed E-state index contributed by atoms with van der Waals surface area (Å²) in [6.07, 6.45) is 0. The third-order valence-corrected chi connectivity index (χ3v) is 4.28. The number of carbonyl (C=O) groups excluding carboxylic acids is 1. The summed E-state index contributed by atoms with van der Waals surface area (Å²) in [6.45, 7) is 3.87. The molecule has 0 saturated heterocycles. The summed E-state index contributed by atoms with van der Waals surface area (Å²) >= 11 is 7.11. The van der Waals surface area contributed by atoms with Gasteiger partial charge in [-0.2, -0.15) is 9.61 Å². The number of hydrogen-bond donors (Lipinski definition) is 1. The third kappa shape index (κ3) is 3.62. The molecule has 1 amide bonds. The Morgan fingerprint density at radius 1 is 1.26 bits per heavy atom. The Morgan fingerprint density at radius 2 is 2.00 bits per heavy atom. The molecule has 6 nitrogen and oxygen atoms in total. The van der Waals surface area contributed by atoms with Crippen LogP contribution in [0.2, 0.25) is 5.02 Å². The first-order chi connectivity index (χ1) is 11.0. The fraction of sp³-hybridized carbons (Fsp3) is 0.200. The summed E-state index contributed by atoms with van der Waals surface area (Å²) in [5.41, 5.74) is 3.29. The standard InChI is InChI=1S/C15H14ClN5OS/c1-9-7-10(2)20-21-14(9)18-19-15(21)23-8-13(22)17-12-5-3-11(16)4-6-12/h3-7H,8H2,1-2H3,(H,17,22). The Labute approximate surface area is 142 Å². The number of aryl methyl sites for hydroxylation is 2. The molecule has 23 heavy (non-hydrogen) atoms. The average molecular weight is 348 g/mol. The summed E-state index contributed by atoms with van der Waals surface area (Å²) in [4.78, 5) is 12.0. The van der Waals surface area contributed by atoms with Crippen LogP contribution in [0.25, 0.3) is 5.65 Å². The molecule has 3 aromatic rings. The van der Waals surface area contributed by atoms with E-state index in [0.717, 1.165) is 11.3 Å². The van der Waals surface area contributed by atoms with Crippen molar-refractivity contribution < 1.29 is 4.79 Å². The van der Waals surface area contributed by atoms with Crippen LogP contribution in [-0.4, -0.2) is 31.5 Å². The van der Waals surface area contributed by atoms with Gasteiger partial charge in [-0.3, -0.25) is 4.79 Å². The minimum absolute atomic E-state index is 0.126. The zero-order valence-corrected chi connectivity index (χ0v) is 14.1. The number of halogens is 1. The summed E-state index contributed by atoms with van der Waals surface area (Å²) in [7, 11) is 0. The molecule has 3 rings (SSSR count). The van der Waals surface area contributed by atoms with Gasteiger partial charge in [-0.1, -0.05) is 23.4 Å². The normalized spacial score (nSPS) is 10.9.